The lowest BCUT2D eigenvalue weighted by molar-refractivity contribution is -0.124. The van der Waals surface area contributed by atoms with Crippen LogP contribution in [0.5, 0.6) is 0 Å². The number of benzene rings is 1. The van der Waals surface area contributed by atoms with Crippen molar-refractivity contribution in [2.45, 2.75) is 37.6 Å². The standard InChI is InChI=1S/C23H25N3O3/c1-14-10-17-9-8-16(19-11-18(19)15-6-4-3-5-7-15)12-26(17)20(14)21(28)25-23(2,13-27)22(24)29/h3-10,12,18-19,27H,11,13H2,1-2H3,(H2,24,29)(H,25,28)/t18-,19+,23+/m1/s1. The number of aryl methyl sites for hydroxylation is 1. The molecule has 6 nitrogen and oxygen atoms in total. The monoisotopic (exact) mass is 391 g/mol. The SMILES string of the molecule is Cc1cc2ccc([C@@H]3C[C@@H]3c3ccccc3)cn2c1C(=O)N[C@@](C)(CO)C(N)=O. The molecule has 0 unspecified atom stereocenters. The van der Waals surface area contributed by atoms with Gasteiger partial charge in [-0.1, -0.05) is 36.4 Å². The van der Waals surface area contributed by atoms with E-state index in [9.17, 15) is 14.7 Å². The fourth-order valence-electron chi connectivity index (χ4n) is 3.95. The number of aromatic nitrogens is 1. The number of amides is 2. The lowest BCUT2D eigenvalue weighted by Crippen LogP contribution is -2.58. The van der Waals surface area contributed by atoms with E-state index in [1.165, 1.54) is 18.1 Å². The van der Waals surface area contributed by atoms with Crippen molar-refractivity contribution in [3.63, 3.8) is 0 Å². The Labute approximate surface area is 169 Å². The first-order valence-electron chi connectivity index (χ1n) is 9.74. The van der Waals surface area contributed by atoms with Gasteiger partial charge in [-0.2, -0.15) is 0 Å². The van der Waals surface area contributed by atoms with Crippen LogP contribution in [0.4, 0.5) is 0 Å². The van der Waals surface area contributed by atoms with Gasteiger partial charge < -0.3 is 20.6 Å². The third-order valence-corrected chi connectivity index (χ3v) is 5.89. The van der Waals surface area contributed by atoms with E-state index in [0.29, 0.717) is 17.5 Å². The summed E-state index contributed by atoms with van der Waals surface area (Å²) in [6, 6.07) is 16.5. The normalized spacial score (nSPS) is 20.2. The molecule has 6 heteroatoms. The highest BCUT2D eigenvalue weighted by molar-refractivity contribution is 5.99. The Balaban J connectivity index is 1.66. The summed E-state index contributed by atoms with van der Waals surface area (Å²) >= 11 is 0. The molecule has 0 aliphatic heterocycles. The van der Waals surface area contributed by atoms with E-state index < -0.39 is 24.0 Å². The molecule has 1 fully saturated rings. The number of carbonyl (C=O) groups excluding carboxylic acids is 2. The van der Waals surface area contributed by atoms with Gasteiger partial charge in [0.15, 0.2) is 0 Å². The number of carbonyl (C=O) groups is 2. The lowest BCUT2D eigenvalue weighted by atomic mass is 10.0. The Morgan fingerprint density at radius 2 is 1.86 bits per heavy atom. The largest absolute Gasteiger partial charge is 0.393 e. The van der Waals surface area contributed by atoms with Crippen LogP contribution in [0.2, 0.25) is 0 Å². The summed E-state index contributed by atoms with van der Waals surface area (Å²) in [5.74, 6) is -0.300. The minimum atomic E-state index is -1.51. The molecule has 2 aromatic heterocycles. The highest BCUT2D eigenvalue weighted by atomic mass is 16.3. The Kier molecular flexibility index (Phi) is 4.67. The molecule has 0 radical (unpaired) electrons. The molecule has 3 aromatic rings. The number of hydrogen-bond acceptors (Lipinski definition) is 3. The van der Waals surface area contributed by atoms with Gasteiger partial charge in [0.1, 0.15) is 11.2 Å². The smallest absolute Gasteiger partial charge is 0.269 e. The summed E-state index contributed by atoms with van der Waals surface area (Å²) < 4.78 is 1.86. The summed E-state index contributed by atoms with van der Waals surface area (Å²) in [6.07, 6.45) is 3.09. The first kappa shape index (κ1) is 19.2. The number of hydrogen-bond donors (Lipinski definition) is 3. The molecule has 1 aliphatic rings. The van der Waals surface area contributed by atoms with Gasteiger partial charge in [0.25, 0.3) is 5.91 Å². The zero-order valence-corrected chi connectivity index (χ0v) is 16.6. The van der Waals surface area contributed by atoms with Crippen LogP contribution < -0.4 is 11.1 Å². The maximum absolute atomic E-state index is 13.0. The summed E-state index contributed by atoms with van der Waals surface area (Å²) in [5, 5.41) is 12.1. The minimum Gasteiger partial charge on any atom is -0.393 e. The van der Waals surface area contributed by atoms with Gasteiger partial charge in [-0.25, -0.2) is 0 Å². The zero-order chi connectivity index (χ0) is 20.8. The van der Waals surface area contributed by atoms with Crippen molar-refractivity contribution in [1.29, 1.82) is 0 Å². The molecule has 1 aromatic carbocycles. The number of primary amides is 1. The van der Waals surface area contributed by atoms with E-state index >= 15 is 0 Å². The molecule has 1 aliphatic carbocycles. The fourth-order valence-corrected chi connectivity index (χ4v) is 3.95. The Hall–Kier alpha value is -3.12. The van der Waals surface area contributed by atoms with Crippen molar-refractivity contribution in [1.82, 2.24) is 9.72 Å². The average Bonchev–Trinajstić information content (AvgIpc) is 3.44. The van der Waals surface area contributed by atoms with Crippen LogP contribution in [-0.4, -0.2) is 33.5 Å². The zero-order valence-electron chi connectivity index (χ0n) is 16.6. The number of rotatable bonds is 6. The summed E-state index contributed by atoms with van der Waals surface area (Å²) in [4.78, 5) is 24.6. The highest BCUT2D eigenvalue weighted by Crippen LogP contribution is 2.54. The van der Waals surface area contributed by atoms with Crippen molar-refractivity contribution >= 4 is 17.3 Å². The second kappa shape index (κ2) is 7.04. The van der Waals surface area contributed by atoms with Gasteiger partial charge in [-0.3, -0.25) is 9.59 Å². The number of aliphatic hydroxyl groups is 1. The molecular weight excluding hydrogens is 366 g/mol. The van der Waals surface area contributed by atoms with E-state index in [-0.39, 0.29) is 0 Å². The molecular formula is C23H25N3O3. The van der Waals surface area contributed by atoms with Crippen LogP contribution in [0.25, 0.3) is 5.52 Å². The van der Waals surface area contributed by atoms with E-state index in [0.717, 1.165) is 17.5 Å². The second-order valence-electron chi connectivity index (χ2n) is 8.10. The maximum Gasteiger partial charge on any atom is 0.269 e. The first-order chi connectivity index (χ1) is 13.8. The van der Waals surface area contributed by atoms with Crippen molar-refractivity contribution in [3.8, 4) is 0 Å². The lowest BCUT2D eigenvalue weighted by Gasteiger charge is -2.25. The topological polar surface area (TPSA) is 96.8 Å². The molecule has 2 amide bonds. The summed E-state index contributed by atoms with van der Waals surface area (Å²) in [6.45, 7) is 2.70. The molecule has 3 atom stereocenters. The first-order valence-corrected chi connectivity index (χ1v) is 9.74. The van der Waals surface area contributed by atoms with Gasteiger partial charge in [0.05, 0.1) is 6.61 Å². The quantitative estimate of drug-likeness (QED) is 0.602. The molecule has 0 spiro atoms. The second-order valence-corrected chi connectivity index (χ2v) is 8.10. The molecule has 4 rings (SSSR count). The van der Waals surface area contributed by atoms with Gasteiger partial charge in [-0.05, 0) is 60.9 Å². The van der Waals surface area contributed by atoms with E-state index in [2.05, 4.69) is 35.6 Å². The maximum atomic E-state index is 13.0. The van der Waals surface area contributed by atoms with Crippen molar-refractivity contribution in [3.05, 3.63) is 77.1 Å². The van der Waals surface area contributed by atoms with Crippen LogP contribution in [0, 0.1) is 6.92 Å². The molecule has 4 N–H and O–H groups in total. The van der Waals surface area contributed by atoms with Crippen LogP contribution in [0.15, 0.2) is 54.7 Å². The number of fused-ring (bicyclic) bond motifs is 1. The van der Waals surface area contributed by atoms with Crippen LogP contribution >= 0.6 is 0 Å². The third kappa shape index (κ3) is 3.40. The van der Waals surface area contributed by atoms with Gasteiger partial charge in [0.2, 0.25) is 5.91 Å². The van der Waals surface area contributed by atoms with Crippen LogP contribution in [0.3, 0.4) is 0 Å². The van der Waals surface area contributed by atoms with Crippen molar-refractivity contribution in [2.75, 3.05) is 6.61 Å². The van der Waals surface area contributed by atoms with E-state index in [1.54, 1.807) is 0 Å². The van der Waals surface area contributed by atoms with Gasteiger partial charge in [0, 0.05) is 11.7 Å². The van der Waals surface area contributed by atoms with E-state index in [4.69, 9.17) is 5.73 Å². The Bertz CT molecular complexity index is 1090. The molecule has 29 heavy (non-hydrogen) atoms. The number of nitrogens with zero attached hydrogens (tertiary/aromatic N) is 1. The predicted octanol–water partition coefficient (Wildman–Crippen LogP) is 2.48. The third-order valence-electron chi connectivity index (χ3n) is 5.89. The minimum absolute atomic E-state index is 0.425. The summed E-state index contributed by atoms with van der Waals surface area (Å²) in [7, 11) is 0. The number of aliphatic hydroxyl groups excluding tert-OH is 1. The van der Waals surface area contributed by atoms with E-state index in [1.807, 2.05) is 35.7 Å². The van der Waals surface area contributed by atoms with Crippen LogP contribution in [0.1, 0.15) is 52.4 Å². The Morgan fingerprint density at radius 1 is 1.17 bits per heavy atom. The predicted molar refractivity (Wildman–Crippen MR) is 111 cm³/mol. The molecule has 150 valence electrons. The highest BCUT2D eigenvalue weighted by Gasteiger charge is 2.40. The average molecular weight is 391 g/mol. The van der Waals surface area contributed by atoms with Crippen molar-refractivity contribution in [2.24, 2.45) is 5.73 Å². The summed E-state index contributed by atoms with van der Waals surface area (Å²) in [5.41, 5.74) is 8.49. The number of nitrogens with two attached hydrogens (primary N) is 1. The Morgan fingerprint density at radius 3 is 2.52 bits per heavy atom. The molecule has 0 bridgehead atoms. The number of pyridine rings is 1. The fraction of sp³-hybridized carbons (Fsp3) is 0.304. The molecule has 1 saturated carbocycles. The van der Waals surface area contributed by atoms with Gasteiger partial charge in [-0.15, -0.1) is 0 Å². The molecule has 2 heterocycles. The molecule has 0 saturated heterocycles. The van der Waals surface area contributed by atoms with Crippen molar-refractivity contribution < 1.29 is 14.7 Å². The van der Waals surface area contributed by atoms with Gasteiger partial charge >= 0.3 is 0 Å². The number of nitrogens with one attached hydrogen (secondary N) is 1. The van der Waals surface area contributed by atoms with Crippen LogP contribution in [-0.2, 0) is 4.79 Å².